The lowest BCUT2D eigenvalue weighted by molar-refractivity contribution is -0.587. The van der Waals surface area contributed by atoms with E-state index in [-0.39, 0.29) is 0 Å². The molecule has 104 valence electrons. The highest BCUT2D eigenvalue weighted by atomic mass is 16.6. The van der Waals surface area contributed by atoms with Crippen molar-refractivity contribution in [1.29, 1.82) is 10.5 Å². The first-order chi connectivity index (χ1) is 9.08. The molecule has 0 aromatic carbocycles. The Morgan fingerprint density at radius 1 is 1.10 bits per heavy atom. The van der Waals surface area contributed by atoms with Gasteiger partial charge in [-0.15, -0.1) is 0 Å². The maximum Gasteiger partial charge on any atom is 0.404 e. The molecule has 1 rings (SSSR count). The Kier molecular flexibility index (Phi) is 3.09. The van der Waals surface area contributed by atoms with Crippen LogP contribution in [0.2, 0.25) is 0 Å². The van der Waals surface area contributed by atoms with Crippen molar-refractivity contribution in [2.45, 2.75) is 11.2 Å². The van der Waals surface area contributed by atoms with E-state index >= 15 is 0 Å². The van der Waals surface area contributed by atoms with Crippen LogP contribution in [-0.2, 0) is 0 Å². The molecule has 20 heavy (non-hydrogen) atoms. The number of nitriles is 2. The van der Waals surface area contributed by atoms with E-state index in [0.717, 1.165) is 0 Å². The number of rotatable bonds is 2. The van der Waals surface area contributed by atoms with Crippen molar-refractivity contribution in [1.82, 2.24) is 0 Å². The minimum absolute atomic E-state index is 0.777. The molecule has 0 aromatic rings. The van der Waals surface area contributed by atoms with Gasteiger partial charge in [0.25, 0.3) is 0 Å². The van der Waals surface area contributed by atoms with Gasteiger partial charge in [-0.2, -0.15) is 10.5 Å². The van der Waals surface area contributed by atoms with Crippen LogP contribution in [0.25, 0.3) is 0 Å². The standard InChI is InChI=1S/C8H8N8O4/c9-1-3-6(15(17)18)8(14,16(19)20)5(12)4(11)7(3,13)2-10/h11-14H2. The molecule has 0 saturated carbocycles. The molecule has 0 spiro atoms. The highest BCUT2D eigenvalue weighted by Gasteiger charge is 2.64. The molecule has 0 heterocycles. The van der Waals surface area contributed by atoms with E-state index in [0.29, 0.717) is 0 Å². The lowest BCUT2D eigenvalue weighted by atomic mass is 9.77. The summed E-state index contributed by atoms with van der Waals surface area (Å²) < 4.78 is 0. The van der Waals surface area contributed by atoms with Gasteiger partial charge in [-0.25, -0.2) is 0 Å². The van der Waals surface area contributed by atoms with E-state index in [4.69, 9.17) is 33.5 Å². The Morgan fingerprint density at radius 2 is 1.60 bits per heavy atom. The van der Waals surface area contributed by atoms with Crippen LogP contribution in [-0.4, -0.2) is 21.0 Å². The summed E-state index contributed by atoms with van der Waals surface area (Å²) in [6.45, 7) is 0. The molecule has 0 aliphatic heterocycles. The smallest absolute Gasteiger partial charge is 0.398 e. The number of nitrogens with two attached hydrogens (primary N) is 4. The topological polar surface area (TPSA) is 238 Å². The largest absolute Gasteiger partial charge is 0.404 e. The zero-order valence-corrected chi connectivity index (χ0v) is 9.73. The van der Waals surface area contributed by atoms with Gasteiger partial charge in [-0.3, -0.25) is 26.0 Å². The molecule has 0 bridgehead atoms. The average molecular weight is 280 g/mol. The average Bonchev–Trinajstić information content (AvgIpc) is 2.39. The van der Waals surface area contributed by atoms with Crippen molar-refractivity contribution >= 4 is 0 Å². The van der Waals surface area contributed by atoms with E-state index < -0.39 is 43.7 Å². The predicted molar refractivity (Wildman–Crippen MR) is 61.5 cm³/mol. The van der Waals surface area contributed by atoms with E-state index in [9.17, 15) is 20.2 Å². The fraction of sp³-hybridized carbons (Fsp3) is 0.250. The van der Waals surface area contributed by atoms with Gasteiger partial charge in [0.15, 0.2) is 11.1 Å². The number of nitrogens with zero attached hydrogens (tertiary/aromatic N) is 4. The van der Waals surface area contributed by atoms with Gasteiger partial charge >= 0.3 is 11.4 Å². The predicted octanol–water partition coefficient (Wildman–Crippen LogP) is -2.66. The first-order valence-corrected chi connectivity index (χ1v) is 4.78. The van der Waals surface area contributed by atoms with Crippen molar-refractivity contribution in [3.05, 3.63) is 42.9 Å². The Balaban J connectivity index is 4.00. The summed E-state index contributed by atoms with van der Waals surface area (Å²) >= 11 is 0. The third kappa shape index (κ3) is 1.46. The van der Waals surface area contributed by atoms with Crippen molar-refractivity contribution in [3.63, 3.8) is 0 Å². The maximum atomic E-state index is 11.0. The zero-order valence-electron chi connectivity index (χ0n) is 9.73. The van der Waals surface area contributed by atoms with E-state index in [2.05, 4.69) is 0 Å². The molecule has 0 saturated heterocycles. The maximum absolute atomic E-state index is 11.0. The van der Waals surface area contributed by atoms with Crippen LogP contribution in [0.15, 0.2) is 22.7 Å². The molecular weight excluding hydrogens is 272 g/mol. The minimum Gasteiger partial charge on any atom is -0.398 e. The highest BCUT2D eigenvalue weighted by molar-refractivity contribution is 5.58. The number of hydrogen-bond donors (Lipinski definition) is 4. The highest BCUT2D eigenvalue weighted by Crippen LogP contribution is 2.37. The second-order valence-corrected chi connectivity index (χ2v) is 3.86. The molecular formula is C8H8N8O4. The molecule has 2 atom stereocenters. The van der Waals surface area contributed by atoms with Crippen molar-refractivity contribution in [2.24, 2.45) is 22.9 Å². The van der Waals surface area contributed by atoms with Crippen LogP contribution in [0.5, 0.6) is 0 Å². The molecule has 0 radical (unpaired) electrons. The lowest BCUT2D eigenvalue weighted by Crippen LogP contribution is -2.64. The molecule has 0 amide bonds. The molecule has 12 heteroatoms. The third-order valence-corrected chi connectivity index (χ3v) is 2.88. The molecule has 2 unspecified atom stereocenters. The van der Waals surface area contributed by atoms with Gasteiger partial charge in [0.2, 0.25) is 0 Å². The Hall–Kier alpha value is -3.22. The second-order valence-electron chi connectivity index (χ2n) is 3.86. The van der Waals surface area contributed by atoms with Gasteiger partial charge in [-0.1, -0.05) is 0 Å². The summed E-state index contributed by atoms with van der Waals surface area (Å²) in [4.78, 5) is 19.5. The minimum atomic E-state index is -3.04. The van der Waals surface area contributed by atoms with Crippen LogP contribution in [0.1, 0.15) is 0 Å². The van der Waals surface area contributed by atoms with Crippen LogP contribution in [0, 0.1) is 42.9 Å². The van der Waals surface area contributed by atoms with Gasteiger partial charge in [0.1, 0.15) is 11.8 Å². The van der Waals surface area contributed by atoms with Gasteiger partial charge in [0, 0.05) is 0 Å². The normalized spacial score (nSPS) is 29.6. The van der Waals surface area contributed by atoms with Crippen LogP contribution < -0.4 is 22.9 Å². The summed E-state index contributed by atoms with van der Waals surface area (Å²) in [7, 11) is 0. The Bertz CT molecular complexity index is 667. The lowest BCUT2D eigenvalue weighted by Gasteiger charge is -2.31. The monoisotopic (exact) mass is 280 g/mol. The second kappa shape index (κ2) is 4.16. The van der Waals surface area contributed by atoms with Crippen molar-refractivity contribution in [2.75, 3.05) is 0 Å². The van der Waals surface area contributed by atoms with Crippen LogP contribution in [0.4, 0.5) is 0 Å². The Morgan fingerprint density at radius 3 is 1.90 bits per heavy atom. The van der Waals surface area contributed by atoms with Crippen LogP contribution >= 0.6 is 0 Å². The van der Waals surface area contributed by atoms with E-state index in [1.807, 2.05) is 0 Å². The fourth-order valence-corrected chi connectivity index (χ4v) is 1.73. The SMILES string of the molecule is N#CC1=C([N+](=O)[O-])C(N)([N+](=O)[O-])C(N)=C(N)C1(N)C#N. The molecule has 12 nitrogen and oxygen atoms in total. The first kappa shape index (κ1) is 14.8. The Labute approximate surface area is 110 Å². The molecule has 0 aromatic heterocycles. The number of nitro groups is 2. The van der Waals surface area contributed by atoms with Gasteiger partial charge in [0.05, 0.1) is 21.6 Å². The third-order valence-electron chi connectivity index (χ3n) is 2.88. The van der Waals surface area contributed by atoms with Crippen LogP contribution in [0.3, 0.4) is 0 Å². The zero-order chi connectivity index (χ0) is 15.9. The number of hydrogen-bond acceptors (Lipinski definition) is 10. The summed E-state index contributed by atoms with van der Waals surface area (Å²) in [5.41, 5.74) is 12.0. The molecule has 1 aliphatic rings. The van der Waals surface area contributed by atoms with E-state index in [1.165, 1.54) is 12.1 Å². The summed E-state index contributed by atoms with van der Waals surface area (Å²) in [6, 6.07) is 2.65. The van der Waals surface area contributed by atoms with Crippen molar-refractivity contribution < 1.29 is 9.85 Å². The molecule has 8 N–H and O–H groups in total. The molecule has 0 fully saturated rings. The summed E-state index contributed by atoms with van der Waals surface area (Å²) in [5, 5.41) is 40.0. The quantitative estimate of drug-likeness (QED) is 0.232. The van der Waals surface area contributed by atoms with Gasteiger partial charge in [-0.05, 0) is 0 Å². The first-order valence-electron chi connectivity index (χ1n) is 4.78. The van der Waals surface area contributed by atoms with Crippen molar-refractivity contribution in [3.8, 4) is 12.1 Å². The summed E-state index contributed by atoms with van der Waals surface area (Å²) in [5.74, 6) is 0. The van der Waals surface area contributed by atoms with E-state index in [1.54, 1.807) is 0 Å². The fourth-order valence-electron chi connectivity index (χ4n) is 1.73. The van der Waals surface area contributed by atoms with Gasteiger partial charge < -0.3 is 17.2 Å². The summed E-state index contributed by atoms with van der Waals surface area (Å²) in [6.07, 6.45) is 0. The molecule has 1 aliphatic carbocycles.